The molecule has 222 valence electrons. The molecule has 0 atom stereocenters. The van der Waals surface area contributed by atoms with Crippen LogP contribution in [0.25, 0.3) is 28.0 Å². The molecule has 6 aromatic rings. The second-order valence-electron chi connectivity index (χ2n) is 9.91. The van der Waals surface area contributed by atoms with Crippen LogP contribution in [0, 0.1) is 0 Å². The van der Waals surface area contributed by atoms with Crippen LogP contribution in [-0.2, 0) is 23.2 Å². The van der Waals surface area contributed by atoms with Crippen molar-refractivity contribution in [3.05, 3.63) is 114 Å². The Morgan fingerprint density at radius 2 is 1.52 bits per heavy atom. The van der Waals surface area contributed by atoms with Crippen LogP contribution in [-0.4, -0.2) is 35.3 Å². The van der Waals surface area contributed by atoms with Crippen LogP contribution in [0.3, 0.4) is 0 Å². The second-order valence-corrected chi connectivity index (χ2v) is 11.5. The van der Waals surface area contributed by atoms with Crippen molar-refractivity contribution in [1.29, 1.82) is 0 Å². The van der Waals surface area contributed by atoms with Gasteiger partial charge in [-0.1, -0.05) is 60.7 Å². The van der Waals surface area contributed by atoms with Gasteiger partial charge in [0.1, 0.15) is 6.61 Å². The van der Waals surface area contributed by atoms with Gasteiger partial charge in [0.15, 0.2) is 23.0 Å². The van der Waals surface area contributed by atoms with Crippen LogP contribution >= 0.6 is 0 Å². The lowest BCUT2D eigenvalue weighted by Crippen LogP contribution is -2.12. The van der Waals surface area contributed by atoms with Gasteiger partial charge in [-0.05, 0) is 53.6 Å². The highest BCUT2D eigenvalue weighted by atomic mass is 32.2. The first-order valence-corrected chi connectivity index (χ1v) is 15.2. The quantitative estimate of drug-likeness (QED) is 0.197. The molecule has 0 fully saturated rings. The first-order valence-electron chi connectivity index (χ1n) is 13.6. The summed E-state index contributed by atoms with van der Waals surface area (Å²) in [6.07, 6.45) is 0. The van der Waals surface area contributed by atoms with Gasteiger partial charge < -0.3 is 20.5 Å². The van der Waals surface area contributed by atoms with Gasteiger partial charge in [-0.25, -0.2) is 23.2 Å². The molecule has 4 aromatic carbocycles. The molecule has 11 nitrogen and oxygen atoms in total. The van der Waals surface area contributed by atoms with Crippen LogP contribution in [0.5, 0.6) is 11.5 Å². The molecule has 0 saturated carbocycles. The van der Waals surface area contributed by atoms with E-state index in [0.29, 0.717) is 58.6 Å². The van der Waals surface area contributed by atoms with Crippen LogP contribution < -0.4 is 25.7 Å². The Morgan fingerprint density at radius 3 is 2.18 bits per heavy atom. The lowest BCUT2D eigenvalue weighted by molar-refractivity contribution is 0.284. The van der Waals surface area contributed by atoms with E-state index in [9.17, 15) is 8.42 Å². The van der Waals surface area contributed by atoms with E-state index in [2.05, 4.69) is 10.4 Å². The molecule has 0 bridgehead atoms. The van der Waals surface area contributed by atoms with Gasteiger partial charge >= 0.3 is 0 Å². The lowest BCUT2D eigenvalue weighted by Gasteiger charge is -2.14. The smallest absolute Gasteiger partial charge is 0.238 e. The second kappa shape index (κ2) is 12.0. The maximum Gasteiger partial charge on any atom is 0.238 e. The van der Waals surface area contributed by atoms with Gasteiger partial charge in [-0.15, -0.1) is 5.10 Å². The third kappa shape index (κ3) is 6.02. The number of rotatable bonds is 10. The number of methoxy groups -OCH3 is 1. The number of aromatic nitrogens is 4. The molecule has 0 unspecified atom stereocenters. The fourth-order valence-corrected chi connectivity index (χ4v) is 5.25. The molecular weight excluding hydrogens is 578 g/mol. The minimum atomic E-state index is -3.86. The number of fused-ring (bicyclic) bond motifs is 1. The standard InChI is InChI=1S/C32H29N7O4S/c1-42-27-18-23(12-17-26(27)43-20-22-10-6-3-7-11-22)29-28-30(33)38-39(24-13-15-25(16-14-24)44(34,40)41)31(28)37-32(36-29)35-19-21-8-4-2-5-9-21/h2-18H,19-20H2,1H3,(H2,33,38)(H2,34,40,41)(H,35,36,37). The molecule has 0 aliphatic heterocycles. The molecule has 0 saturated heterocycles. The summed E-state index contributed by atoms with van der Waals surface area (Å²) in [5.41, 5.74) is 10.8. The zero-order valence-electron chi connectivity index (χ0n) is 23.7. The zero-order chi connectivity index (χ0) is 30.7. The van der Waals surface area contributed by atoms with Crippen LogP contribution in [0.4, 0.5) is 11.8 Å². The number of nitrogens with two attached hydrogens (primary N) is 2. The van der Waals surface area contributed by atoms with Gasteiger partial charge in [0.05, 0.1) is 28.8 Å². The third-order valence-electron chi connectivity index (χ3n) is 6.93. The molecular formula is C32H29N7O4S. The summed E-state index contributed by atoms with van der Waals surface area (Å²) in [4.78, 5) is 9.60. The number of hydrogen-bond donors (Lipinski definition) is 3. The number of hydrogen-bond acceptors (Lipinski definition) is 9. The summed E-state index contributed by atoms with van der Waals surface area (Å²) in [6, 6.07) is 31.3. The number of sulfonamides is 1. The van der Waals surface area contributed by atoms with E-state index in [1.54, 1.807) is 23.9 Å². The molecule has 0 aliphatic carbocycles. The minimum Gasteiger partial charge on any atom is -0.493 e. The summed E-state index contributed by atoms with van der Waals surface area (Å²) in [5, 5.41) is 13.7. The van der Waals surface area contributed by atoms with E-state index >= 15 is 0 Å². The molecule has 5 N–H and O–H groups in total. The SMILES string of the molecule is COc1cc(-c2nc(NCc3ccccc3)nc3c2c(N)nn3-c2ccc(S(N)(=O)=O)cc2)ccc1OCc1ccccc1. The molecule has 44 heavy (non-hydrogen) atoms. The number of nitrogens with zero attached hydrogens (tertiary/aromatic N) is 4. The first kappa shape index (κ1) is 28.6. The molecule has 12 heteroatoms. The van der Waals surface area contributed by atoms with Gasteiger partial charge in [0, 0.05) is 12.1 Å². The summed E-state index contributed by atoms with van der Waals surface area (Å²) < 4.78 is 36.9. The van der Waals surface area contributed by atoms with E-state index in [1.807, 2.05) is 78.9 Å². The Balaban J connectivity index is 1.44. The molecule has 2 heterocycles. The molecule has 0 radical (unpaired) electrons. The maximum absolute atomic E-state index is 11.8. The Labute approximate surface area is 254 Å². The van der Waals surface area contributed by atoms with Gasteiger partial charge in [-0.3, -0.25) is 0 Å². The highest BCUT2D eigenvalue weighted by molar-refractivity contribution is 7.89. The van der Waals surface area contributed by atoms with E-state index in [0.717, 1.165) is 11.1 Å². The minimum absolute atomic E-state index is 0.0205. The maximum atomic E-state index is 11.8. The van der Waals surface area contributed by atoms with Crippen molar-refractivity contribution in [2.24, 2.45) is 5.14 Å². The molecule has 0 amide bonds. The topological polar surface area (TPSA) is 160 Å². The largest absolute Gasteiger partial charge is 0.493 e. The van der Waals surface area contributed by atoms with Crippen molar-refractivity contribution >= 4 is 32.8 Å². The predicted octanol–water partition coefficient (Wildman–Crippen LogP) is 4.91. The number of anilines is 2. The Morgan fingerprint density at radius 1 is 0.841 bits per heavy atom. The summed E-state index contributed by atoms with van der Waals surface area (Å²) in [5.74, 6) is 1.64. The Hall–Kier alpha value is -5.46. The molecule has 0 aliphatic rings. The van der Waals surface area contributed by atoms with Gasteiger partial charge in [0.25, 0.3) is 0 Å². The Bertz CT molecular complexity index is 2030. The molecule has 2 aromatic heterocycles. The molecule has 0 spiro atoms. The van der Waals surface area contributed by atoms with Crippen molar-refractivity contribution in [3.8, 4) is 28.4 Å². The number of benzene rings is 4. The predicted molar refractivity (Wildman–Crippen MR) is 169 cm³/mol. The lowest BCUT2D eigenvalue weighted by atomic mass is 10.1. The van der Waals surface area contributed by atoms with Crippen molar-refractivity contribution in [2.45, 2.75) is 18.0 Å². The van der Waals surface area contributed by atoms with Crippen LogP contribution in [0.15, 0.2) is 108 Å². The average molecular weight is 608 g/mol. The summed E-state index contributed by atoms with van der Waals surface area (Å²) in [6.45, 7) is 0.861. The number of nitrogens with one attached hydrogen (secondary N) is 1. The number of ether oxygens (including phenoxy) is 2. The van der Waals surface area contributed by atoms with Crippen molar-refractivity contribution in [1.82, 2.24) is 19.7 Å². The van der Waals surface area contributed by atoms with E-state index in [4.69, 9.17) is 30.3 Å². The monoisotopic (exact) mass is 607 g/mol. The van der Waals surface area contributed by atoms with Crippen molar-refractivity contribution in [3.63, 3.8) is 0 Å². The number of nitrogen functional groups attached to an aromatic ring is 1. The van der Waals surface area contributed by atoms with E-state index in [1.165, 1.54) is 12.1 Å². The van der Waals surface area contributed by atoms with Gasteiger partial charge in [-0.2, -0.15) is 4.98 Å². The third-order valence-corrected chi connectivity index (χ3v) is 7.86. The van der Waals surface area contributed by atoms with Crippen LogP contribution in [0.2, 0.25) is 0 Å². The van der Waals surface area contributed by atoms with Crippen molar-refractivity contribution in [2.75, 3.05) is 18.2 Å². The molecule has 6 rings (SSSR count). The highest BCUT2D eigenvalue weighted by Gasteiger charge is 2.21. The summed E-state index contributed by atoms with van der Waals surface area (Å²) in [7, 11) is -2.29. The normalized spacial score (nSPS) is 11.4. The van der Waals surface area contributed by atoms with E-state index in [-0.39, 0.29) is 10.7 Å². The number of primary sulfonamides is 1. The van der Waals surface area contributed by atoms with Crippen LogP contribution in [0.1, 0.15) is 11.1 Å². The van der Waals surface area contributed by atoms with Gasteiger partial charge in [0.2, 0.25) is 16.0 Å². The highest BCUT2D eigenvalue weighted by Crippen LogP contribution is 2.37. The summed E-state index contributed by atoms with van der Waals surface area (Å²) >= 11 is 0. The Kier molecular flexibility index (Phi) is 7.84. The first-order chi connectivity index (χ1) is 21.3. The fourth-order valence-electron chi connectivity index (χ4n) is 4.73. The van der Waals surface area contributed by atoms with Crippen molar-refractivity contribution < 1.29 is 17.9 Å². The van der Waals surface area contributed by atoms with E-state index < -0.39 is 10.0 Å². The fraction of sp³-hybridized carbons (Fsp3) is 0.0938. The average Bonchev–Trinajstić information content (AvgIpc) is 3.39. The zero-order valence-corrected chi connectivity index (χ0v) is 24.5.